The van der Waals surface area contributed by atoms with E-state index in [1.165, 1.54) is 30.0 Å². The number of piperazine rings is 1. The smallest absolute Gasteiger partial charge is 0.243 e. The summed E-state index contributed by atoms with van der Waals surface area (Å²) in [7, 11) is -3.80. The number of carbonyl (C=O) groups is 1. The number of aryl methyl sites for hydroxylation is 1. The van der Waals surface area contributed by atoms with Crippen LogP contribution in [0.1, 0.15) is 54.7 Å². The number of carbonyl (C=O) groups excluding carboxylic acids is 1. The fourth-order valence-electron chi connectivity index (χ4n) is 5.94. The van der Waals surface area contributed by atoms with Crippen molar-refractivity contribution in [3.8, 4) is 11.8 Å². The third-order valence-electron chi connectivity index (χ3n) is 7.83. The van der Waals surface area contributed by atoms with E-state index in [0.717, 1.165) is 23.5 Å². The first-order valence-corrected chi connectivity index (χ1v) is 13.9. The van der Waals surface area contributed by atoms with Crippen LogP contribution in [-0.4, -0.2) is 60.4 Å². The number of aliphatic hydroxyl groups is 1. The second-order valence-electron chi connectivity index (χ2n) is 9.99. The van der Waals surface area contributed by atoms with E-state index < -0.39 is 10.0 Å². The molecular weight excluding hydrogens is 460 g/mol. The molecule has 2 saturated heterocycles. The van der Waals surface area contributed by atoms with Gasteiger partial charge < -0.3 is 10.0 Å². The van der Waals surface area contributed by atoms with Crippen LogP contribution >= 0.6 is 0 Å². The lowest BCUT2D eigenvalue weighted by Gasteiger charge is -2.58. The van der Waals surface area contributed by atoms with Crippen LogP contribution in [0.25, 0.3) is 0 Å². The molecule has 35 heavy (non-hydrogen) atoms. The predicted octanol–water partition coefficient (Wildman–Crippen LogP) is 3.29. The Bertz CT molecular complexity index is 1260. The molecule has 2 aromatic rings. The maximum atomic E-state index is 13.4. The van der Waals surface area contributed by atoms with Gasteiger partial charge in [0.05, 0.1) is 30.1 Å². The highest BCUT2D eigenvalue weighted by Crippen LogP contribution is 2.43. The minimum absolute atomic E-state index is 0.126. The summed E-state index contributed by atoms with van der Waals surface area (Å²) in [6.07, 6.45) is 6.15. The molecule has 0 spiro atoms. The largest absolute Gasteiger partial charge is 0.394 e. The van der Waals surface area contributed by atoms with E-state index in [4.69, 9.17) is 0 Å². The summed E-state index contributed by atoms with van der Waals surface area (Å²) in [5.41, 5.74) is 2.60. The molecule has 0 radical (unpaired) electrons. The third-order valence-corrected chi connectivity index (χ3v) is 9.80. The van der Waals surface area contributed by atoms with Crippen molar-refractivity contribution in [3.63, 3.8) is 0 Å². The predicted molar refractivity (Wildman–Crippen MR) is 134 cm³/mol. The van der Waals surface area contributed by atoms with Crippen LogP contribution < -0.4 is 0 Å². The molecule has 1 amide bonds. The van der Waals surface area contributed by atoms with Crippen molar-refractivity contribution in [1.82, 2.24) is 9.21 Å². The van der Waals surface area contributed by atoms with E-state index >= 15 is 0 Å². The van der Waals surface area contributed by atoms with Gasteiger partial charge in [0, 0.05) is 24.4 Å². The molecule has 2 heterocycles. The van der Waals surface area contributed by atoms with Gasteiger partial charge in [-0.1, -0.05) is 55.0 Å². The highest BCUT2D eigenvalue weighted by Gasteiger charge is 2.55. The van der Waals surface area contributed by atoms with E-state index in [2.05, 4.69) is 11.8 Å². The molecular formula is C28H32N2O4S. The Morgan fingerprint density at radius 3 is 2.46 bits per heavy atom. The number of aliphatic hydroxyl groups excluding tert-OH is 1. The van der Waals surface area contributed by atoms with Gasteiger partial charge in [0.15, 0.2) is 0 Å². The van der Waals surface area contributed by atoms with Gasteiger partial charge >= 0.3 is 0 Å². The quantitative estimate of drug-likeness (QED) is 0.650. The minimum atomic E-state index is -3.80. The number of rotatable bonds is 5. The summed E-state index contributed by atoms with van der Waals surface area (Å²) in [5.74, 6) is 6.92. The molecule has 3 fully saturated rings. The van der Waals surface area contributed by atoms with Crippen molar-refractivity contribution < 1.29 is 18.3 Å². The van der Waals surface area contributed by atoms with Gasteiger partial charge in [0.1, 0.15) is 0 Å². The SMILES string of the molecule is Cc1ccccc1S(=O)(=O)N1CC(=O)N2[C@H](CO)[C@@H](c3ccc(C#CCC4CCCC4)cc3)[C@H]2C1. The Morgan fingerprint density at radius 1 is 1.06 bits per heavy atom. The molecule has 184 valence electrons. The van der Waals surface area contributed by atoms with Gasteiger partial charge in [0.25, 0.3) is 0 Å². The lowest BCUT2D eigenvalue weighted by molar-refractivity contribution is -0.158. The Hall–Kier alpha value is -2.66. The van der Waals surface area contributed by atoms with Gasteiger partial charge in [-0.15, -0.1) is 0 Å². The van der Waals surface area contributed by atoms with E-state index in [9.17, 15) is 18.3 Å². The molecule has 2 aromatic carbocycles. The normalized spacial score (nSPS) is 25.0. The fraction of sp³-hybridized carbons (Fsp3) is 0.464. The van der Waals surface area contributed by atoms with Crippen LogP contribution in [0, 0.1) is 24.7 Å². The molecule has 1 aliphatic carbocycles. The monoisotopic (exact) mass is 492 g/mol. The molecule has 0 aromatic heterocycles. The minimum Gasteiger partial charge on any atom is -0.394 e. The van der Waals surface area contributed by atoms with Gasteiger partial charge in [-0.2, -0.15) is 4.31 Å². The maximum absolute atomic E-state index is 13.4. The summed E-state index contributed by atoms with van der Waals surface area (Å²) in [5, 5.41) is 10.0. The van der Waals surface area contributed by atoms with Crippen LogP contribution in [0.5, 0.6) is 0 Å². The molecule has 7 heteroatoms. The summed E-state index contributed by atoms with van der Waals surface area (Å²) in [4.78, 5) is 14.9. The average Bonchev–Trinajstić information content (AvgIpc) is 3.35. The van der Waals surface area contributed by atoms with Gasteiger partial charge in [-0.05, 0) is 55.0 Å². The van der Waals surface area contributed by atoms with E-state index in [0.29, 0.717) is 5.56 Å². The van der Waals surface area contributed by atoms with Gasteiger partial charge in [-0.3, -0.25) is 4.79 Å². The zero-order valence-corrected chi connectivity index (χ0v) is 20.9. The number of hydrogen-bond donors (Lipinski definition) is 1. The van der Waals surface area contributed by atoms with Crippen molar-refractivity contribution in [1.29, 1.82) is 0 Å². The van der Waals surface area contributed by atoms with E-state index in [1.54, 1.807) is 36.1 Å². The molecule has 1 N–H and O–H groups in total. The molecule has 0 unspecified atom stereocenters. The summed E-state index contributed by atoms with van der Waals surface area (Å²) < 4.78 is 28.0. The average molecular weight is 493 g/mol. The van der Waals surface area contributed by atoms with Crippen molar-refractivity contribution in [3.05, 3.63) is 65.2 Å². The molecule has 3 aliphatic rings. The van der Waals surface area contributed by atoms with Crippen LogP contribution in [-0.2, 0) is 14.8 Å². The summed E-state index contributed by atoms with van der Waals surface area (Å²) in [6.45, 7) is 1.62. The zero-order chi connectivity index (χ0) is 24.6. The van der Waals surface area contributed by atoms with E-state index in [-0.39, 0.29) is 48.5 Å². The Labute approximate surface area is 208 Å². The van der Waals surface area contributed by atoms with Crippen molar-refractivity contribution in [2.45, 2.75) is 61.9 Å². The third kappa shape index (κ3) is 4.51. The summed E-state index contributed by atoms with van der Waals surface area (Å²) in [6, 6.07) is 14.2. The number of fused-ring (bicyclic) bond motifs is 1. The fourth-order valence-corrected chi connectivity index (χ4v) is 7.57. The van der Waals surface area contributed by atoms with Crippen molar-refractivity contribution in [2.24, 2.45) is 5.92 Å². The Morgan fingerprint density at radius 2 is 1.77 bits per heavy atom. The number of hydrogen-bond acceptors (Lipinski definition) is 4. The standard InChI is InChI=1S/C28H32N2O4S/c1-20-7-2-5-12-26(20)35(33,34)29-17-24-28(25(19-31)30(24)27(32)18-29)23-15-13-22(14-16-23)11-6-10-21-8-3-4-9-21/h2,5,7,12-16,21,24-25,28,31H,3-4,8-10,17-19H2,1H3/t24-,25-,28+/m1/s1. The number of sulfonamides is 1. The van der Waals surface area contributed by atoms with Gasteiger partial charge in [0.2, 0.25) is 15.9 Å². The number of amides is 1. The van der Waals surface area contributed by atoms with Crippen molar-refractivity contribution >= 4 is 15.9 Å². The molecule has 0 bridgehead atoms. The van der Waals surface area contributed by atoms with Crippen LogP contribution in [0.15, 0.2) is 53.4 Å². The van der Waals surface area contributed by atoms with Gasteiger partial charge in [-0.25, -0.2) is 8.42 Å². The first kappa shape index (κ1) is 24.1. The van der Waals surface area contributed by atoms with Crippen LogP contribution in [0.4, 0.5) is 0 Å². The molecule has 5 rings (SSSR count). The lowest BCUT2D eigenvalue weighted by atomic mass is 9.74. The molecule has 3 atom stereocenters. The topological polar surface area (TPSA) is 77.9 Å². The molecule has 6 nitrogen and oxygen atoms in total. The highest BCUT2D eigenvalue weighted by atomic mass is 32.2. The lowest BCUT2D eigenvalue weighted by Crippen LogP contribution is -2.73. The zero-order valence-electron chi connectivity index (χ0n) is 20.1. The Balaban J connectivity index is 1.34. The second kappa shape index (κ2) is 9.77. The van der Waals surface area contributed by atoms with Crippen LogP contribution in [0.2, 0.25) is 0 Å². The molecule has 1 saturated carbocycles. The maximum Gasteiger partial charge on any atom is 0.243 e. The van der Waals surface area contributed by atoms with E-state index in [1.807, 2.05) is 24.3 Å². The molecule has 2 aliphatic heterocycles. The van der Waals surface area contributed by atoms with Crippen molar-refractivity contribution in [2.75, 3.05) is 19.7 Å². The second-order valence-corrected chi connectivity index (χ2v) is 11.9. The number of nitrogens with zero attached hydrogens (tertiary/aromatic N) is 2. The highest BCUT2D eigenvalue weighted by molar-refractivity contribution is 7.89. The van der Waals surface area contributed by atoms with Crippen LogP contribution in [0.3, 0.4) is 0 Å². The Kier molecular flexibility index (Phi) is 6.71. The summed E-state index contributed by atoms with van der Waals surface area (Å²) >= 11 is 0. The first-order valence-electron chi connectivity index (χ1n) is 12.5. The number of benzene rings is 2. The first-order chi connectivity index (χ1) is 16.9.